The van der Waals surface area contributed by atoms with Crippen molar-refractivity contribution in [1.29, 1.82) is 5.26 Å². The molecule has 1 aromatic carbocycles. The van der Waals surface area contributed by atoms with Crippen LogP contribution in [0.25, 0.3) is 0 Å². The van der Waals surface area contributed by atoms with E-state index in [0.717, 1.165) is 32.7 Å². The molecule has 1 heterocycles. The highest BCUT2D eigenvalue weighted by Crippen LogP contribution is 2.23. The second kappa shape index (κ2) is 5.94. The predicted octanol–water partition coefficient (Wildman–Crippen LogP) is 2.03. The van der Waals surface area contributed by atoms with E-state index in [1.165, 1.54) is 6.07 Å². The molecule has 3 nitrogen and oxygen atoms in total. The normalized spacial score (nSPS) is 19.4. The number of nitriles is 1. The molecule has 1 saturated heterocycles. The van der Waals surface area contributed by atoms with Gasteiger partial charge in [0.25, 0.3) is 0 Å². The molecule has 4 heteroatoms. The highest BCUT2D eigenvalue weighted by Gasteiger charge is 2.25. The second-order valence-corrected chi connectivity index (χ2v) is 4.52. The zero-order valence-electron chi connectivity index (χ0n) is 10.6. The molecule has 1 aliphatic heterocycles. The van der Waals surface area contributed by atoms with Crippen molar-refractivity contribution in [1.82, 2.24) is 9.80 Å². The van der Waals surface area contributed by atoms with Gasteiger partial charge in [-0.15, -0.1) is 0 Å². The summed E-state index contributed by atoms with van der Waals surface area (Å²) >= 11 is 0. The Hall–Kier alpha value is -1.44. The molecule has 18 heavy (non-hydrogen) atoms. The molecule has 0 spiro atoms. The van der Waals surface area contributed by atoms with Crippen molar-refractivity contribution in [3.05, 3.63) is 35.6 Å². The van der Waals surface area contributed by atoms with Crippen molar-refractivity contribution in [2.45, 2.75) is 13.0 Å². The number of piperazine rings is 1. The molecule has 1 atom stereocenters. The maximum absolute atomic E-state index is 13.7. The van der Waals surface area contributed by atoms with E-state index in [-0.39, 0.29) is 5.82 Å². The van der Waals surface area contributed by atoms with Crippen molar-refractivity contribution in [2.24, 2.45) is 0 Å². The van der Waals surface area contributed by atoms with E-state index in [1.807, 2.05) is 0 Å². The molecule has 1 aliphatic rings. The van der Waals surface area contributed by atoms with Gasteiger partial charge in [-0.3, -0.25) is 4.90 Å². The van der Waals surface area contributed by atoms with Crippen molar-refractivity contribution >= 4 is 0 Å². The van der Waals surface area contributed by atoms with Crippen LogP contribution in [0.15, 0.2) is 24.3 Å². The number of hydrogen-bond donors (Lipinski definition) is 0. The quantitative estimate of drug-likeness (QED) is 0.818. The molecule has 1 unspecified atom stereocenters. The van der Waals surface area contributed by atoms with Gasteiger partial charge in [0.05, 0.1) is 6.07 Å². The van der Waals surface area contributed by atoms with Crippen LogP contribution in [0.4, 0.5) is 4.39 Å². The Labute approximate surface area is 107 Å². The minimum atomic E-state index is -0.467. The fourth-order valence-electron chi connectivity index (χ4n) is 2.38. The summed E-state index contributed by atoms with van der Waals surface area (Å²) in [6, 6.07) is 8.32. The van der Waals surface area contributed by atoms with Crippen molar-refractivity contribution < 1.29 is 4.39 Å². The lowest BCUT2D eigenvalue weighted by Gasteiger charge is -2.36. The first-order valence-electron chi connectivity index (χ1n) is 6.36. The van der Waals surface area contributed by atoms with Crippen LogP contribution in [-0.2, 0) is 0 Å². The molecule has 0 bridgehead atoms. The smallest absolute Gasteiger partial charge is 0.129 e. The van der Waals surface area contributed by atoms with Gasteiger partial charge in [0.15, 0.2) is 0 Å². The third kappa shape index (κ3) is 2.69. The first-order valence-corrected chi connectivity index (χ1v) is 6.36. The largest absolute Gasteiger partial charge is 0.301 e. The molecule has 0 aliphatic carbocycles. The summed E-state index contributed by atoms with van der Waals surface area (Å²) in [6.07, 6.45) is 0. The molecule has 1 fully saturated rings. The Morgan fingerprint density at radius 3 is 2.50 bits per heavy atom. The lowest BCUT2D eigenvalue weighted by molar-refractivity contribution is 0.117. The minimum Gasteiger partial charge on any atom is -0.301 e. The number of nitrogens with zero attached hydrogens (tertiary/aromatic N) is 3. The van der Waals surface area contributed by atoms with Gasteiger partial charge >= 0.3 is 0 Å². The fraction of sp³-hybridized carbons (Fsp3) is 0.500. The molecule has 0 saturated carbocycles. The summed E-state index contributed by atoms with van der Waals surface area (Å²) in [5, 5.41) is 9.31. The molecular formula is C14H18FN3. The van der Waals surface area contributed by atoms with Gasteiger partial charge in [0.2, 0.25) is 0 Å². The second-order valence-electron chi connectivity index (χ2n) is 4.52. The molecule has 0 amide bonds. The van der Waals surface area contributed by atoms with E-state index in [1.54, 1.807) is 18.2 Å². The van der Waals surface area contributed by atoms with Crippen molar-refractivity contribution in [3.8, 4) is 6.07 Å². The first kappa shape index (κ1) is 13.0. The van der Waals surface area contributed by atoms with Crippen LogP contribution >= 0.6 is 0 Å². The Morgan fingerprint density at radius 2 is 1.94 bits per heavy atom. The van der Waals surface area contributed by atoms with Crippen LogP contribution in [0, 0.1) is 17.1 Å². The molecule has 0 radical (unpaired) electrons. The van der Waals surface area contributed by atoms with Gasteiger partial charge in [-0.1, -0.05) is 25.1 Å². The third-order valence-corrected chi connectivity index (χ3v) is 3.54. The van der Waals surface area contributed by atoms with E-state index >= 15 is 0 Å². The summed E-state index contributed by atoms with van der Waals surface area (Å²) in [7, 11) is 0. The maximum Gasteiger partial charge on any atom is 0.129 e. The van der Waals surface area contributed by atoms with Gasteiger partial charge < -0.3 is 4.90 Å². The van der Waals surface area contributed by atoms with Gasteiger partial charge in [-0.05, 0) is 12.6 Å². The number of rotatable bonds is 3. The molecule has 0 aromatic heterocycles. The Bertz CT molecular complexity index is 433. The number of hydrogen-bond acceptors (Lipinski definition) is 3. The van der Waals surface area contributed by atoms with Crippen molar-refractivity contribution in [2.75, 3.05) is 32.7 Å². The van der Waals surface area contributed by atoms with Gasteiger partial charge in [0, 0.05) is 31.7 Å². The molecule has 1 aromatic rings. The van der Waals surface area contributed by atoms with Gasteiger partial charge in [0.1, 0.15) is 11.9 Å². The lowest BCUT2D eigenvalue weighted by atomic mass is 10.0. The monoisotopic (exact) mass is 247 g/mol. The standard InChI is InChI=1S/C14H18FN3/c1-2-17-7-9-18(10-8-17)14(11-16)12-5-3-4-6-13(12)15/h3-6,14H,2,7-10H2,1H3. The van der Waals surface area contributed by atoms with Crippen LogP contribution in [0.2, 0.25) is 0 Å². The van der Waals surface area contributed by atoms with Crippen LogP contribution < -0.4 is 0 Å². The Kier molecular flexibility index (Phi) is 4.29. The number of likely N-dealkylation sites (N-methyl/N-ethyl adjacent to an activating group) is 1. The number of halogens is 1. The summed E-state index contributed by atoms with van der Waals surface area (Å²) < 4.78 is 13.7. The summed E-state index contributed by atoms with van der Waals surface area (Å²) in [6.45, 7) is 6.70. The molecule has 96 valence electrons. The van der Waals surface area contributed by atoms with Crippen molar-refractivity contribution in [3.63, 3.8) is 0 Å². The summed E-state index contributed by atoms with van der Waals surface area (Å²) in [5.41, 5.74) is 0.491. The summed E-state index contributed by atoms with van der Waals surface area (Å²) in [5.74, 6) is -0.290. The SMILES string of the molecule is CCN1CCN(C(C#N)c2ccccc2F)CC1. The average Bonchev–Trinajstić information content (AvgIpc) is 2.42. The minimum absolute atomic E-state index is 0.290. The first-order chi connectivity index (χ1) is 8.76. The van der Waals surface area contributed by atoms with Gasteiger partial charge in [-0.2, -0.15) is 5.26 Å². The van der Waals surface area contributed by atoms with Crippen LogP contribution in [-0.4, -0.2) is 42.5 Å². The average molecular weight is 247 g/mol. The van der Waals surface area contributed by atoms with E-state index < -0.39 is 6.04 Å². The van der Waals surface area contributed by atoms with Crippen LogP contribution in [0.3, 0.4) is 0 Å². The van der Waals surface area contributed by atoms with Gasteiger partial charge in [-0.25, -0.2) is 4.39 Å². The topological polar surface area (TPSA) is 30.3 Å². The Morgan fingerprint density at radius 1 is 1.28 bits per heavy atom. The molecule has 0 N–H and O–H groups in total. The Balaban J connectivity index is 2.11. The van der Waals surface area contributed by atoms with E-state index in [0.29, 0.717) is 5.56 Å². The molecule has 2 rings (SSSR count). The predicted molar refractivity (Wildman–Crippen MR) is 68.4 cm³/mol. The zero-order valence-corrected chi connectivity index (χ0v) is 10.6. The molecular weight excluding hydrogens is 229 g/mol. The number of benzene rings is 1. The highest BCUT2D eigenvalue weighted by molar-refractivity contribution is 5.26. The summed E-state index contributed by atoms with van der Waals surface area (Å²) in [4.78, 5) is 4.40. The van der Waals surface area contributed by atoms with Crippen LogP contribution in [0.5, 0.6) is 0 Å². The van der Waals surface area contributed by atoms with E-state index in [9.17, 15) is 9.65 Å². The fourth-order valence-corrected chi connectivity index (χ4v) is 2.38. The zero-order chi connectivity index (χ0) is 13.0. The maximum atomic E-state index is 13.7. The third-order valence-electron chi connectivity index (χ3n) is 3.54. The van der Waals surface area contributed by atoms with Crippen LogP contribution in [0.1, 0.15) is 18.5 Å². The van der Waals surface area contributed by atoms with E-state index in [4.69, 9.17) is 0 Å². The van der Waals surface area contributed by atoms with E-state index in [2.05, 4.69) is 22.8 Å². The lowest BCUT2D eigenvalue weighted by Crippen LogP contribution is -2.47. The highest BCUT2D eigenvalue weighted by atomic mass is 19.1.